The number of amides is 1. The Labute approximate surface area is 151 Å². The minimum absolute atomic E-state index is 0.0523. The molecule has 0 saturated heterocycles. The van der Waals surface area contributed by atoms with Crippen LogP contribution in [0, 0.1) is 5.82 Å². The van der Waals surface area contributed by atoms with Gasteiger partial charge in [0, 0.05) is 11.3 Å². The van der Waals surface area contributed by atoms with Crippen LogP contribution in [0.5, 0.6) is 0 Å². The molecule has 24 heavy (non-hydrogen) atoms. The van der Waals surface area contributed by atoms with Gasteiger partial charge in [0.1, 0.15) is 12.1 Å². The third kappa shape index (κ3) is 3.53. The Morgan fingerprint density at radius 3 is 2.54 bits per heavy atom. The largest absolute Gasteiger partial charge is 0.444 e. The second-order valence-electron chi connectivity index (χ2n) is 4.75. The number of rotatable bonds is 3. The number of hydrogen-bond donors (Lipinski definition) is 1. The van der Waals surface area contributed by atoms with E-state index < -0.39 is 11.7 Å². The molecule has 1 heterocycles. The summed E-state index contributed by atoms with van der Waals surface area (Å²) in [5.74, 6) is -0.874. The first-order valence-corrected chi connectivity index (χ1v) is 7.75. The zero-order valence-electron chi connectivity index (χ0n) is 11.8. The van der Waals surface area contributed by atoms with Crippen molar-refractivity contribution in [3.05, 3.63) is 69.2 Å². The van der Waals surface area contributed by atoms with Gasteiger partial charge in [-0.15, -0.1) is 0 Å². The molecule has 0 atom stereocenters. The Morgan fingerprint density at radius 1 is 1.04 bits per heavy atom. The Hall–Kier alpha value is -2.08. The van der Waals surface area contributed by atoms with E-state index in [0.29, 0.717) is 21.3 Å². The van der Waals surface area contributed by atoms with Gasteiger partial charge in [-0.1, -0.05) is 34.8 Å². The summed E-state index contributed by atoms with van der Waals surface area (Å²) >= 11 is 17.5. The van der Waals surface area contributed by atoms with E-state index in [0.717, 1.165) is 6.07 Å². The highest BCUT2D eigenvalue weighted by Gasteiger charge is 2.15. The van der Waals surface area contributed by atoms with E-state index in [1.165, 1.54) is 18.4 Å². The zero-order chi connectivity index (χ0) is 17.3. The summed E-state index contributed by atoms with van der Waals surface area (Å²) in [6.45, 7) is 0. The number of nitrogens with zero attached hydrogens (tertiary/aromatic N) is 1. The maximum absolute atomic E-state index is 13.1. The molecule has 3 aromatic rings. The average Bonchev–Trinajstić information content (AvgIpc) is 3.04. The summed E-state index contributed by atoms with van der Waals surface area (Å²) in [6.07, 6.45) is 1.21. The fraction of sp³-hybridized carbons (Fsp3) is 0. The number of carbonyl (C=O) groups is 1. The topological polar surface area (TPSA) is 55.1 Å². The molecule has 0 aliphatic rings. The molecule has 3 rings (SSSR count). The number of anilines is 1. The van der Waals surface area contributed by atoms with Crippen LogP contribution in [-0.2, 0) is 0 Å². The lowest BCUT2D eigenvalue weighted by Crippen LogP contribution is -2.12. The van der Waals surface area contributed by atoms with E-state index in [9.17, 15) is 9.18 Å². The van der Waals surface area contributed by atoms with Crippen LogP contribution in [-0.4, -0.2) is 10.9 Å². The second-order valence-corrected chi connectivity index (χ2v) is 5.97. The molecule has 0 fully saturated rings. The van der Waals surface area contributed by atoms with Crippen LogP contribution in [0.2, 0.25) is 15.1 Å². The number of hydrogen-bond acceptors (Lipinski definition) is 3. The van der Waals surface area contributed by atoms with Gasteiger partial charge >= 0.3 is 0 Å². The van der Waals surface area contributed by atoms with Gasteiger partial charge in [0.05, 0.1) is 15.1 Å². The third-order valence-corrected chi connectivity index (χ3v) is 4.11. The first kappa shape index (κ1) is 16.8. The molecule has 8 heteroatoms. The van der Waals surface area contributed by atoms with Gasteiger partial charge in [-0.05, 0) is 36.4 Å². The Morgan fingerprint density at radius 2 is 1.83 bits per heavy atom. The summed E-state index contributed by atoms with van der Waals surface area (Å²) in [6, 6.07) is 8.69. The van der Waals surface area contributed by atoms with Crippen LogP contribution in [0.1, 0.15) is 10.5 Å². The predicted octanol–water partition coefficient (Wildman–Crippen LogP) is 5.69. The second kappa shape index (κ2) is 6.81. The summed E-state index contributed by atoms with van der Waals surface area (Å²) in [4.78, 5) is 16.3. The summed E-state index contributed by atoms with van der Waals surface area (Å²) in [5.41, 5.74) is 0.968. The first-order chi connectivity index (χ1) is 11.4. The van der Waals surface area contributed by atoms with Gasteiger partial charge in [-0.2, -0.15) is 0 Å². The normalized spacial score (nSPS) is 10.7. The molecule has 0 radical (unpaired) electrons. The van der Waals surface area contributed by atoms with Crippen LogP contribution in [0.4, 0.5) is 10.1 Å². The lowest BCUT2D eigenvalue weighted by Gasteiger charge is -2.03. The van der Waals surface area contributed by atoms with E-state index in [4.69, 9.17) is 39.2 Å². The van der Waals surface area contributed by atoms with Crippen molar-refractivity contribution < 1.29 is 13.6 Å². The highest BCUT2D eigenvalue weighted by Crippen LogP contribution is 2.28. The lowest BCUT2D eigenvalue weighted by molar-refractivity contribution is 0.102. The van der Waals surface area contributed by atoms with Crippen molar-refractivity contribution in [1.82, 2.24) is 4.98 Å². The lowest BCUT2D eigenvalue weighted by atomic mass is 10.2. The van der Waals surface area contributed by atoms with Crippen molar-refractivity contribution in [2.24, 2.45) is 0 Å². The molecule has 0 bridgehead atoms. The van der Waals surface area contributed by atoms with Gasteiger partial charge in [0.15, 0.2) is 5.69 Å². The third-order valence-electron chi connectivity index (χ3n) is 3.08. The Bertz CT molecular complexity index is 927. The number of nitrogens with one attached hydrogen (secondary N) is 1. The summed E-state index contributed by atoms with van der Waals surface area (Å²) < 4.78 is 18.4. The van der Waals surface area contributed by atoms with E-state index in [1.807, 2.05) is 0 Å². The van der Waals surface area contributed by atoms with Gasteiger partial charge in [0.2, 0.25) is 5.89 Å². The molecule has 0 saturated carbocycles. The summed E-state index contributed by atoms with van der Waals surface area (Å²) in [7, 11) is 0. The molecule has 0 spiro atoms. The molecular weight excluding hydrogens is 378 g/mol. The SMILES string of the molecule is O=C(Nc1ccc(F)c(Cl)c1)c1coc(-c2ccc(Cl)c(Cl)c2)n1. The summed E-state index contributed by atoms with van der Waals surface area (Å²) in [5, 5.41) is 3.21. The molecule has 4 nitrogen and oxygen atoms in total. The number of oxazole rings is 1. The smallest absolute Gasteiger partial charge is 0.277 e. The standard InChI is InChI=1S/C16H8Cl3FN2O2/c17-10-3-1-8(5-11(10)18)16-22-14(7-24-16)15(23)21-9-2-4-13(20)12(19)6-9/h1-7H,(H,21,23). The maximum Gasteiger partial charge on any atom is 0.277 e. The van der Waals surface area contributed by atoms with Crippen molar-refractivity contribution in [1.29, 1.82) is 0 Å². The zero-order valence-corrected chi connectivity index (χ0v) is 14.1. The fourth-order valence-electron chi connectivity index (χ4n) is 1.91. The average molecular weight is 386 g/mol. The number of carbonyl (C=O) groups excluding carboxylic acids is 1. The van der Waals surface area contributed by atoms with E-state index in [2.05, 4.69) is 10.3 Å². The quantitative estimate of drug-likeness (QED) is 0.630. The van der Waals surface area contributed by atoms with E-state index in [-0.39, 0.29) is 16.6 Å². The molecule has 0 aliphatic carbocycles. The van der Waals surface area contributed by atoms with Crippen molar-refractivity contribution >= 4 is 46.4 Å². The molecular formula is C16H8Cl3FN2O2. The minimum Gasteiger partial charge on any atom is -0.444 e. The van der Waals surface area contributed by atoms with E-state index in [1.54, 1.807) is 18.2 Å². The van der Waals surface area contributed by atoms with Gasteiger partial charge in [-0.25, -0.2) is 9.37 Å². The number of benzene rings is 2. The molecule has 1 N–H and O–H groups in total. The van der Waals surface area contributed by atoms with Gasteiger partial charge < -0.3 is 9.73 Å². The van der Waals surface area contributed by atoms with Crippen molar-refractivity contribution in [2.75, 3.05) is 5.32 Å². The highest BCUT2D eigenvalue weighted by molar-refractivity contribution is 6.42. The maximum atomic E-state index is 13.1. The molecule has 122 valence electrons. The van der Waals surface area contributed by atoms with Crippen LogP contribution < -0.4 is 5.32 Å². The predicted molar refractivity (Wildman–Crippen MR) is 91.3 cm³/mol. The molecule has 1 aromatic heterocycles. The molecule has 1 amide bonds. The fourth-order valence-corrected chi connectivity index (χ4v) is 2.39. The molecule has 0 unspecified atom stereocenters. The van der Waals surface area contributed by atoms with Crippen LogP contribution in [0.3, 0.4) is 0 Å². The number of aromatic nitrogens is 1. The van der Waals surface area contributed by atoms with Crippen LogP contribution in [0.15, 0.2) is 47.1 Å². The monoisotopic (exact) mass is 384 g/mol. The highest BCUT2D eigenvalue weighted by atomic mass is 35.5. The minimum atomic E-state index is -0.571. The van der Waals surface area contributed by atoms with Crippen molar-refractivity contribution in [3.8, 4) is 11.5 Å². The van der Waals surface area contributed by atoms with E-state index >= 15 is 0 Å². The molecule has 0 aliphatic heterocycles. The van der Waals surface area contributed by atoms with Gasteiger partial charge in [-0.3, -0.25) is 4.79 Å². The van der Waals surface area contributed by atoms with Crippen LogP contribution in [0.25, 0.3) is 11.5 Å². The van der Waals surface area contributed by atoms with Crippen molar-refractivity contribution in [2.45, 2.75) is 0 Å². The molecule has 2 aromatic carbocycles. The van der Waals surface area contributed by atoms with Crippen LogP contribution >= 0.6 is 34.8 Å². The first-order valence-electron chi connectivity index (χ1n) is 6.61. The van der Waals surface area contributed by atoms with Crippen molar-refractivity contribution in [3.63, 3.8) is 0 Å². The Kier molecular flexibility index (Phi) is 4.76. The Balaban J connectivity index is 1.80. The number of halogens is 4. The van der Waals surface area contributed by atoms with Gasteiger partial charge in [0.25, 0.3) is 5.91 Å².